The number of para-hydroxylation sites is 1. The zero-order valence-electron chi connectivity index (χ0n) is 15.9. The first-order chi connectivity index (χ1) is 15.0. The van der Waals surface area contributed by atoms with Gasteiger partial charge in [-0.15, -0.1) is 0 Å². The summed E-state index contributed by atoms with van der Waals surface area (Å²) in [5, 5.41) is 7.21. The molecular weight excluding hydrogens is 434 g/mol. The first-order valence-electron chi connectivity index (χ1n) is 9.33. The quantitative estimate of drug-likeness (QED) is 0.329. The molecule has 6 nitrogen and oxygen atoms in total. The Balaban J connectivity index is 1.26. The van der Waals surface area contributed by atoms with Gasteiger partial charge in [-0.05, 0) is 66.8 Å². The summed E-state index contributed by atoms with van der Waals surface area (Å²) in [5.41, 5.74) is 3.51. The molecule has 0 radical (unpaired) electrons. The van der Waals surface area contributed by atoms with E-state index < -0.39 is 5.91 Å². The van der Waals surface area contributed by atoms with Gasteiger partial charge in [0.25, 0.3) is 5.91 Å². The lowest BCUT2D eigenvalue weighted by molar-refractivity contribution is 0.0953. The largest absolute Gasteiger partial charge is 0.451 e. The third kappa shape index (κ3) is 4.01. The van der Waals surface area contributed by atoms with Crippen LogP contribution in [-0.2, 0) is 0 Å². The van der Waals surface area contributed by atoms with Crippen LogP contribution in [0.4, 0.5) is 5.69 Å². The van der Waals surface area contributed by atoms with Crippen LogP contribution in [0.5, 0.6) is 0 Å². The van der Waals surface area contributed by atoms with Crippen molar-refractivity contribution < 1.29 is 13.6 Å². The molecule has 0 atom stereocenters. The van der Waals surface area contributed by atoms with E-state index in [-0.39, 0.29) is 10.9 Å². The van der Waals surface area contributed by atoms with E-state index in [1.54, 1.807) is 30.3 Å². The van der Waals surface area contributed by atoms with Crippen molar-refractivity contribution in [1.82, 2.24) is 10.3 Å². The number of anilines is 1. The molecule has 5 aromatic rings. The Bertz CT molecular complexity index is 1410. The molecule has 2 aromatic heterocycles. The lowest BCUT2D eigenvalue weighted by Crippen LogP contribution is -2.33. The first-order valence-corrected chi connectivity index (χ1v) is 10.1. The maximum absolute atomic E-state index is 12.4. The molecule has 2 heterocycles. The second-order valence-electron chi connectivity index (χ2n) is 6.77. The zero-order valence-corrected chi connectivity index (χ0v) is 17.5. The summed E-state index contributed by atoms with van der Waals surface area (Å²) in [6, 6.07) is 21.7. The average Bonchev–Trinajstić information content (AvgIpc) is 3.38. The summed E-state index contributed by atoms with van der Waals surface area (Å²) < 4.78 is 11.3. The van der Waals surface area contributed by atoms with E-state index >= 15 is 0 Å². The van der Waals surface area contributed by atoms with Gasteiger partial charge in [-0.3, -0.25) is 10.1 Å². The van der Waals surface area contributed by atoms with Crippen molar-refractivity contribution >= 4 is 62.6 Å². The number of fused-ring (bicyclic) bond motifs is 2. The van der Waals surface area contributed by atoms with E-state index in [4.69, 9.17) is 32.7 Å². The van der Waals surface area contributed by atoms with Crippen molar-refractivity contribution in [1.29, 1.82) is 0 Å². The summed E-state index contributed by atoms with van der Waals surface area (Å²) in [6.07, 6.45) is 0. The molecule has 0 aliphatic heterocycles. The fourth-order valence-corrected chi connectivity index (χ4v) is 3.52. The average molecular weight is 448 g/mol. The molecule has 31 heavy (non-hydrogen) atoms. The van der Waals surface area contributed by atoms with Crippen LogP contribution in [-0.4, -0.2) is 16.0 Å². The Morgan fingerprint density at radius 2 is 1.74 bits per heavy atom. The number of nitrogens with one attached hydrogen (secondary N) is 2. The third-order valence-electron chi connectivity index (χ3n) is 4.62. The van der Waals surface area contributed by atoms with Crippen molar-refractivity contribution in [3.63, 3.8) is 0 Å². The summed E-state index contributed by atoms with van der Waals surface area (Å²) in [5.74, 6) is 0.261. The standard InChI is InChI=1S/C23H14ClN3O3S/c24-15-7-10-19-17(12-15)26-22(30-19)13-5-8-16(9-6-13)25-23(31)27-21(28)20-11-14-3-1-2-4-18(14)29-20/h1-12H,(H2,25,27,28,31). The van der Waals surface area contributed by atoms with Gasteiger partial charge >= 0.3 is 0 Å². The van der Waals surface area contributed by atoms with E-state index in [2.05, 4.69) is 15.6 Å². The van der Waals surface area contributed by atoms with Gasteiger partial charge in [0.1, 0.15) is 11.1 Å². The molecule has 0 fully saturated rings. The molecule has 1 amide bonds. The number of carbonyl (C=O) groups is 1. The Morgan fingerprint density at radius 3 is 2.55 bits per heavy atom. The maximum atomic E-state index is 12.4. The number of carbonyl (C=O) groups excluding carboxylic acids is 1. The normalized spacial score (nSPS) is 11.0. The van der Waals surface area contributed by atoms with Crippen LogP contribution in [0.3, 0.4) is 0 Å². The monoisotopic (exact) mass is 447 g/mol. The van der Waals surface area contributed by atoms with E-state index in [9.17, 15) is 4.79 Å². The minimum atomic E-state index is -0.421. The van der Waals surface area contributed by atoms with Crippen molar-refractivity contribution in [2.24, 2.45) is 0 Å². The summed E-state index contributed by atoms with van der Waals surface area (Å²) in [4.78, 5) is 16.9. The predicted molar refractivity (Wildman–Crippen MR) is 124 cm³/mol. The Labute approximate surface area is 186 Å². The lowest BCUT2D eigenvalue weighted by atomic mass is 10.2. The van der Waals surface area contributed by atoms with Crippen LogP contribution in [0.1, 0.15) is 10.6 Å². The summed E-state index contributed by atoms with van der Waals surface area (Å²) in [6.45, 7) is 0. The highest BCUT2D eigenvalue weighted by Gasteiger charge is 2.14. The van der Waals surface area contributed by atoms with Crippen molar-refractivity contribution in [2.75, 3.05) is 5.32 Å². The predicted octanol–water partition coefficient (Wildman–Crippen LogP) is 6.02. The van der Waals surface area contributed by atoms with E-state index in [1.807, 2.05) is 42.5 Å². The molecular formula is C23H14ClN3O3S. The van der Waals surface area contributed by atoms with Gasteiger partial charge in [0.2, 0.25) is 5.89 Å². The van der Waals surface area contributed by atoms with Crippen molar-refractivity contribution in [2.45, 2.75) is 0 Å². The number of aromatic nitrogens is 1. The number of benzene rings is 3. The second-order valence-corrected chi connectivity index (χ2v) is 7.61. The van der Waals surface area contributed by atoms with Gasteiger partial charge in [-0.1, -0.05) is 29.8 Å². The second kappa shape index (κ2) is 7.86. The molecule has 0 aliphatic carbocycles. The molecule has 3 aromatic carbocycles. The van der Waals surface area contributed by atoms with Crippen molar-refractivity contribution in [3.05, 3.63) is 83.6 Å². The SMILES string of the molecule is O=C(NC(=S)Nc1ccc(-c2nc3cc(Cl)ccc3o2)cc1)c1cc2ccccc2o1. The number of hydrogen-bond acceptors (Lipinski definition) is 5. The highest BCUT2D eigenvalue weighted by Crippen LogP contribution is 2.27. The van der Waals surface area contributed by atoms with Crippen LogP contribution < -0.4 is 10.6 Å². The molecule has 8 heteroatoms. The van der Waals surface area contributed by atoms with E-state index in [1.165, 1.54) is 0 Å². The third-order valence-corrected chi connectivity index (χ3v) is 5.05. The number of furan rings is 1. The molecule has 0 saturated heterocycles. The van der Waals surface area contributed by atoms with Crippen molar-refractivity contribution in [3.8, 4) is 11.5 Å². The molecule has 0 aliphatic rings. The topological polar surface area (TPSA) is 80.3 Å². The highest BCUT2D eigenvalue weighted by molar-refractivity contribution is 7.80. The number of oxazole rings is 1. The van der Waals surface area contributed by atoms with Gasteiger partial charge in [0.05, 0.1) is 0 Å². The zero-order chi connectivity index (χ0) is 21.4. The number of halogens is 1. The van der Waals surface area contributed by atoms with Crippen LogP contribution in [0, 0.1) is 0 Å². The molecule has 0 spiro atoms. The van der Waals surface area contributed by atoms with Crippen LogP contribution in [0.2, 0.25) is 5.02 Å². The number of hydrogen-bond donors (Lipinski definition) is 2. The van der Waals surface area contributed by atoms with Crippen LogP contribution in [0.15, 0.2) is 81.6 Å². The molecule has 0 bridgehead atoms. The Morgan fingerprint density at radius 1 is 0.935 bits per heavy atom. The molecule has 152 valence electrons. The smallest absolute Gasteiger partial charge is 0.293 e. The fraction of sp³-hybridized carbons (Fsp3) is 0. The summed E-state index contributed by atoms with van der Waals surface area (Å²) >= 11 is 11.2. The Kier molecular flexibility index (Phi) is 4.89. The minimum absolute atomic E-state index is 0.162. The number of amides is 1. The Hall–Kier alpha value is -3.68. The summed E-state index contributed by atoms with van der Waals surface area (Å²) in [7, 11) is 0. The van der Waals surface area contributed by atoms with Crippen LogP contribution >= 0.6 is 23.8 Å². The van der Waals surface area contributed by atoms with E-state index in [0.29, 0.717) is 33.3 Å². The molecule has 0 unspecified atom stereocenters. The number of nitrogens with zero attached hydrogens (tertiary/aromatic N) is 1. The van der Waals surface area contributed by atoms with Crippen LogP contribution in [0.25, 0.3) is 33.5 Å². The highest BCUT2D eigenvalue weighted by atomic mass is 35.5. The molecule has 5 rings (SSSR count). The number of thiocarbonyl (C=S) groups is 1. The van der Waals surface area contributed by atoms with Gasteiger partial charge in [-0.25, -0.2) is 4.98 Å². The van der Waals surface area contributed by atoms with Gasteiger partial charge in [-0.2, -0.15) is 0 Å². The molecule has 2 N–H and O–H groups in total. The van der Waals surface area contributed by atoms with Gasteiger partial charge in [0.15, 0.2) is 16.5 Å². The van der Waals surface area contributed by atoms with Gasteiger partial charge in [0, 0.05) is 21.7 Å². The fourth-order valence-electron chi connectivity index (χ4n) is 3.14. The lowest BCUT2D eigenvalue weighted by Gasteiger charge is -2.08. The number of rotatable bonds is 3. The maximum Gasteiger partial charge on any atom is 0.293 e. The minimum Gasteiger partial charge on any atom is -0.451 e. The molecule has 0 saturated carbocycles. The van der Waals surface area contributed by atoms with E-state index in [0.717, 1.165) is 10.9 Å². The van der Waals surface area contributed by atoms with Gasteiger partial charge < -0.3 is 14.2 Å². The first kappa shape index (κ1) is 19.3.